The minimum absolute atomic E-state index is 0.233. The van der Waals surface area contributed by atoms with Crippen LogP contribution >= 0.6 is 0 Å². The van der Waals surface area contributed by atoms with Crippen LogP contribution in [0.25, 0.3) is 11.3 Å². The molecule has 2 aromatic rings. The van der Waals surface area contributed by atoms with Crippen LogP contribution in [-0.4, -0.2) is 35.1 Å². The molecule has 146 valence electrons. The number of hydrogen-bond acceptors (Lipinski definition) is 4. The Kier molecular flexibility index (Phi) is 5.67. The van der Waals surface area contributed by atoms with Crippen molar-refractivity contribution in [1.82, 2.24) is 4.98 Å². The van der Waals surface area contributed by atoms with Crippen LogP contribution < -0.4 is 10.6 Å². The van der Waals surface area contributed by atoms with Crippen LogP contribution in [0, 0.1) is 11.6 Å². The second-order valence-corrected chi connectivity index (χ2v) is 6.97. The van der Waals surface area contributed by atoms with Crippen LogP contribution in [-0.2, 0) is 6.61 Å². The van der Waals surface area contributed by atoms with Crippen LogP contribution in [0.1, 0.15) is 24.8 Å². The molecule has 8 heteroatoms. The van der Waals surface area contributed by atoms with Gasteiger partial charge in [-0.1, -0.05) is 0 Å². The van der Waals surface area contributed by atoms with Gasteiger partial charge in [0.25, 0.3) is 0 Å². The summed E-state index contributed by atoms with van der Waals surface area (Å²) < 4.78 is 52.3. The zero-order valence-corrected chi connectivity index (χ0v) is 14.6. The number of nitrogens with zero attached hydrogens (tertiary/aromatic N) is 2. The molecule has 1 unspecified atom stereocenters. The highest BCUT2D eigenvalue weighted by molar-refractivity contribution is 5.64. The molecule has 1 aromatic heterocycles. The number of pyridine rings is 1. The number of aromatic nitrogens is 1. The molecule has 4 nitrogen and oxygen atoms in total. The van der Waals surface area contributed by atoms with Crippen molar-refractivity contribution in [3.8, 4) is 11.3 Å². The lowest BCUT2D eigenvalue weighted by atomic mass is 9.86. The van der Waals surface area contributed by atoms with Crippen molar-refractivity contribution in [2.75, 3.05) is 18.0 Å². The average molecular weight is 383 g/mol. The molecule has 1 aliphatic rings. The first-order valence-electron chi connectivity index (χ1n) is 8.68. The number of nitrogens with two attached hydrogens (primary N) is 1. The Morgan fingerprint density at radius 1 is 1.22 bits per heavy atom. The molecule has 1 aliphatic heterocycles. The Bertz CT molecular complexity index is 818. The van der Waals surface area contributed by atoms with E-state index in [0.29, 0.717) is 41.9 Å². The summed E-state index contributed by atoms with van der Waals surface area (Å²) in [5.41, 5.74) is 7.03. The van der Waals surface area contributed by atoms with E-state index in [4.69, 9.17) is 5.73 Å². The summed E-state index contributed by atoms with van der Waals surface area (Å²) >= 11 is 0. The fourth-order valence-electron chi connectivity index (χ4n) is 3.55. The molecule has 0 radical (unpaired) electrons. The van der Waals surface area contributed by atoms with Crippen molar-refractivity contribution in [3.63, 3.8) is 0 Å². The van der Waals surface area contributed by atoms with Gasteiger partial charge in [0.05, 0.1) is 24.2 Å². The van der Waals surface area contributed by atoms with E-state index >= 15 is 0 Å². The lowest BCUT2D eigenvalue weighted by Gasteiger charge is -2.41. The van der Waals surface area contributed by atoms with Crippen molar-refractivity contribution in [2.45, 2.75) is 37.8 Å². The Balaban J connectivity index is 1.89. The van der Waals surface area contributed by atoms with Crippen molar-refractivity contribution in [2.24, 2.45) is 5.73 Å². The van der Waals surface area contributed by atoms with Crippen LogP contribution in [0.4, 0.5) is 23.2 Å². The topological polar surface area (TPSA) is 62.4 Å². The molecule has 3 N–H and O–H groups in total. The number of alkyl halides is 2. The van der Waals surface area contributed by atoms with Gasteiger partial charge in [-0.2, -0.15) is 0 Å². The molecule has 0 saturated carbocycles. The minimum atomic E-state index is -2.49. The predicted molar refractivity (Wildman–Crippen MR) is 94.5 cm³/mol. The highest BCUT2D eigenvalue weighted by atomic mass is 19.3. The summed E-state index contributed by atoms with van der Waals surface area (Å²) in [7, 11) is 0. The summed E-state index contributed by atoms with van der Waals surface area (Å²) in [6.07, 6.45) is -0.211. The Hall–Kier alpha value is -2.19. The zero-order chi connectivity index (χ0) is 19.6. The van der Waals surface area contributed by atoms with Gasteiger partial charge in [0.2, 0.25) is 6.43 Å². The second-order valence-electron chi connectivity index (χ2n) is 6.97. The van der Waals surface area contributed by atoms with E-state index in [1.165, 1.54) is 12.3 Å². The number of aliphatic hydroxyl groups excluding tert-OH is 1. The largest absolute Gasteiger partial charge is 0.392 e. The van der Waals surface area contributed by atoms with E-state index in [-0.39, 0.29) is 13.2 Å². The summed E-state index contributed by atoms with van der Waals surface area (Å²) in [6.45, 7) is 0.537. The predicted octanol–water partition coefficient (Wildman–Crippen LogP) is 3.47. The van der Waals surface area contributed by atoms with Gasteiger partial charge in [-0.25, -0.2) is 17.6 Å². The number of anilines is 1. The summed E-state index contributed by atoms with van der Waals surface area (Å²) in [4.78, 5) is 6.13. The maximum absolute atomic E-state index is 13.5. The number of aliphatic hydroxyl groups is 1. The van der Waals surface area contributed by atoms with Crippen molar-refractivity contribution >= 4 is 5.69 Å². The van der Waals surface area contributed by atoms with E-state index in [9.17, 15) is 22.7 Å². The minimum Gasteiger partial charge on any atom is -0.392 e. The van der Waals surface area contributed by atoms with E-state index in [0.717, 1.165) is 12.1 Å². The van der Waals surface area contributed by atoms with Crippen LogP contribution in [0.15, 0.2) is 30.5 Å². The third-order valence-electron chi connectivity index (χ3n) is 4.86. The summed E-state index contributed by atoms with van der Waals surface area (Å²) in [6, 6.07) is 5.03. The van der Waals surface area contributed by atoms with Gasteiger partial charge >= 0.3 is 0 Å². The SMILES string of the molecule is NC1(CC(F)F)CCCN(c2cnc(-c3ccc(F)c(F)c3)cc2CO)C1. The number of hydrogen-bond donors (Lipinski definition) is 2. The first-order valence-corrected chi connectivity index (χ1v) is 8.68. The van der Waals surface area contributed by atoms with Gasteiger partial charge in [-0.15, -0.1) is 0 Å². The first kappa shape index (κ1) is 19.6. The van der Waals surface area contributed by atoms with Gasteiger partial charge in [0.1, 0.15) is 0 Å². The fraction of sp³-hybridized carbons (Fsp3) is 0.421. The average Bonchev–Trinajstić information content (AvgIpc) is 2.62. The van der Waals surface area contributed by atoms with E-state index in [1.807, 2.05) is 4.90 Å². The Morgan fingerprint density at radius 2 is 2.00 bits per heavy atom. The molecule has 27 heavy (non-hydrogen) atoms. The smallest absolute Gasteiger partial charge is 0.240 e. The molecule has 1 saturated heterocycles. The Morgan fingerprint density at radius 3 is 2.67 bits per heavy atom. The number of benzene rings is 1. The maximum atomic E-state index is 13.5. The standard InChI is InChI=1S/C19H21F4N3O/c20-14-3-2-12(6-15(14)21)16-7-13(10-27)17(9-25-16)26-5-1-4-19(24,11-26)8-18(22)23/h2-3,6-7,9,18,27H,1,4-5,8,10-11,24H2. The molecule has 0 aliphatic carbocycles. The lowest BCUT2D eigenvalue weighted by molar-refractivity contribution is 0.0983. The van der Waals surface area contributed by atoms with Crippen molar-refractivity contribution in [3.05, 3.63) is 47.7 Å². The highest BCUT2D eigenvalue weighted by Gasteiger charge is 2.35. The molecular formula is C19H21F4N3O. The lowest BCUT2D eigenvalue weighted by Crippen LogP contribution is -2.55. The maximum Gasteiger partial charge on any atom is 0.240 e. The van der Waals surface area contributed by atoms with E-state index in [1.54, 1.807) is 6.07 Å². The highest BCUT2D eigenvalue weighted by Crippen LogP contribution is 2.32. The monoisotopic (exact) mass is 383 g/mol. The number of piperidine rings is 1. The van der Waals surface area contributed by atoms with Gasteiger partial charge < -0.3 is 15.7 Å². The Labute approximate surface area is 154 Å². The van der Waals surface area contributed by atoms with Crippen LogP contribution in [0.3, 0.4) is 0 Å². The van der Waals surface area contributed by atoms with Crippen LogP contribution in [0.5, 0.6) is 0 Å². The molecule has 0 spiro atoms. The van der Waals surface area contributed by atoms with Gasteiger partial charge in [0.15, 0.2) is 11.6 Å². The summed E-state index contributed by atoms with van der Waals surface area (Å²) in [5.74, 6) is -1.94. The molecule has 1 atom stereocenters. The van der Waals surface area contributed by atoms with Crippen molar-refractivity contribution < 1.29 is 22.7 Å². The van der Waals surface area contributed by atoms with Crippen molar-refractivity contribution in [1.29, 1.82) is 0 Å². The van der Waals surface area contributed by atoms with E-state index in [2.05, 4.69) is 4.98 Å². The van der Waals surface area contributed by atoms with Gasteiger partial charge in [-0.3, -0.25) is 4.98 Å². The quantitative estimate of drug-likeness (QED) is 0.776. The fourth-order valence-corrected chi connectivity index (χ4v) is 3.55. The van der Waals surface area contributed by atoms with Gasteiger partial charge in [0, 0.05) is 36.2 Å². The van der Waals surface area contributed by atoms with E-state index < -0.39 is 30.0 Å². The molecule has 1 aromatic carbocycles. The van der Waals surface area contributed by atoms with Crippen LogP contribution in [0.2, 0.25) is 0 Å². The number of rotatable bonds is 5. The molecular weight excluding hydrogens is 362 g/mol. The normalized spacial score (nSPS) is 20.3. The molecule has 0 bridgehead atoms. The molecule has 1 fully saturated rings. The number of halogens is 4. The first-order chi connectivity index (χ1) is 12.8. The van der Waals surface area contributed by atoms with Gasteiger partial charge in [-0.05, 0) is 37.1 Å². The summed E-state index contributed by atoms with van der Waals surface area (Å²) in [5, 5.41) is 9.75. The third-order valence-corrected chi connectivity index (χ3v) is 4.86. The molecule has 2 heterocycles. The zero-order valence-electron chi connectivity index (χ0n) is 14.6. The second kappa shape index (κ2) is 7.82. The molecule has 3 rings (SSSR count). The third kappa shape index (κ3) is 4.39. The molecule has 0 amide bonds.